The van der Waals surface area contributed by atoms with Gasteiger partial charge in [0.15, 0.2) is 11.2 Å². The van der Waals surface area contributed by atoms with Crippen LogP contribution in [-0.2, 0) is 9.53 Å². The van der Waals surface area contributed by atoms with Crippen molar-refractivity contribution in [2.45, 2.75) is 13.0 Å². The van der Waals surface area contributed by atoms with Crippen molar-refractivity contribution < 1.29 is 24.2 Å². The summed E-state index contributed by atoms with van der Waals surface area (Å²) < 4.78 is 5.06. The average molecular weight is 477 g/mol. The number of anilines is 1. The Bertz CT molecular complexity index is 1230. The lowest BCUT2D eigenvalue weighted by atomic mass is 10.1. The molecule has 0 spiro atoms. The van der Waals surface area contributed by atoms with E-state index in [4.69, 9.17) is 16.3 Å². The van der Waals surface area contributed by atoms with Crippen LogP contribution < -0.4 is 5.32 Å². The minimum Gasteiger partial charge on any atom is -0.449 e. The summed E-state index contributed by atoms with van der Waals surface area (Å²) in [4.78, 5) is 49.5. The van der Waals surface area contributed by atoms with Gasteiger partial charge in [0.25, 0.3) is 17.3 Å². The Labute approximate surface area is 188 Å². The highest BCUT2D eigenvalue weighted by Gasteiger charge is 2.23. The van der Waals surface area contributed by atoms with Crippen molar-refractivity contribution in [2.75, 3.05) is 5.32 Å². The summed E-state index contributed by atoms with van der Waals surface area (Å²) in [5.74, 6) is -1.70. The van der Waals surface area contributed by atoms with Crippen LogP contribution in [0.4, 0.5) is 16.5 Å². The maximum absolute atomic E-state index is 12.4. The van der Waals surface area contributed by atoms with Gasteiger partial charge >= 0.3 is 5.97 Å². The van der Waals surface area contributed by atoms with Gasteiger partial charge in [-0.05, 0) is 13.0 Å². The number of hydrogen-bond acceptors (Lipinski definition) is 9. The zero-order valence-electron chi connectivity index (χ0n) is 16.2. The molecule has 11 nitrogen and oxygen atoms in total. The van der Waals surface area contributed by atoms with Crippen LogP contribution in [0.25, 0.3) is 11.3 Å². The first-order valence-corrected chi connectivity index (χ1v) is 10.1. The first kappa shape index (κ1) is 22.8. The Morgan fingerprint density at radius 3 is 2.50 bits per heavy atom. The predicted molar refractivity (Wildman–Crippen MR) is 116 cm³/mol. The number of esters is 1. The number of benzene rings is 2. The molecule has 3 rings (SSSR count). The fraction of sp³-hybridized carbons (Fsp3) is 0.105. The number of nitro benzene ring substituents is 2. The minimum atomic E-state index is -1.26. The molecule has 0 aliphatic heterocycles. The van der Waals surface area contributed by atoms with Gasteiger partial charge in [0, 0.05) is 35.2 Å². The third-order valence-electron chi connectivity index (χ3n) is 4.12. The summed E-state index contributed by atoms with van der Waals surface area (Å²) in [5, 5.41) is 26.0. The van der Waals surface area contributed by atoms with Crippen molar-refractivity contribution in [2.24, 2.45) is 0 Å². The van der Waals surface area contributed by atoms with Crippen molar-refractivity contribution in [3.8, 4) is 11.3 Å². The van der Waals surface area contributed by atoms with Crippen LogP contribution in [0.3, 0.4) is 0 Å². The molecule has 0 saturated heterocycles. The maximum atomic E-state index is 12.4. The predicted octanol–water partition coefficient (Wildman–Crippen LogP) is 4.46. The standard InChI is InChI=1S/C19H13ClN4O7S/c1-10(31-18(26)14-8-13(24(29)30)5-6-15(14)20)17(25)22-19-21-16(9-32-19)11-3-2-4-12(7-11)23(27)28/h2-10H,1H3,(H,21,22,25). The van der Waals surface area contributed by atoms with E-state index in [2.05, 4.69) is 10.3 Å². The summed E-state index contributed by atoms with van der Waals surface area (Å²) in [5.41, 5.74) is 0.219. The lowest BCUT2D eigenvalue weighted by molar-refractivity contribution is -0.385. The van der Waals surface area contributed by atoms with E-state index >= 15 is 0 Å². The van der Waals surface area contributed by atoms with E-state index in [1.54, 1.807) is 11.4 Å². The van der Waals surface area contributed by atoms with Gasteiger partial charge in [0.1, 0.15) is 0 Å². The Balaban J connectivity index is 1.67. The first-order chi connectivity index (χ1) is 15.2. The molecule has 0 radical (unpaired) electrons. The molecule has 1 unspecified atom stereocenters. The highest BCUT2D eigenvalue weighted by atomic mass is 35.5. The van der Waals surface area contributed by atoms with E-state index in [1.807, 2.05) is 0 Å². The lowest BCUT2D eigenvalue weighted by Gasteiger charge is -2.13. The monoisotopic (exact) mass is 476 g/mol. The molecule has 32 heavy (non-hydrogen) atoms. The van der Waals surface area contributed by atoms with E-state index in [9.17, 15) is 29.8 Å². The second-order valence-corrected chi connectivity index (χ2v) is 7.57. The first-order valence-electron chi connectivity index (χ1n) is 8.82. The number of aromatic nitrogens is 1. The van der Waals surface area contributed by atoms with Crippen LogP contribution in [0.2, 0.25) is 5.02 Å². The van der Waals surface area contributed by atoms with Crippen LogP contribution in [0, 0.1) is 20.2 Å². The summed E-state index contributed by atoms with van der Waals surface area (Å²) in [6, 6.07) is 9.15. The number of amides is 1. The molecule has 1 amide bonds. The number of carbonyl (C=O) groups excluding carboxylic acids is 2. The van der Waals surface area contributed by atoms with Crippen LogP contribution in [-0.4, -0.2) is 32.8 Å². The van der Waals surface area contributed by atoms with Crippen LogP contribution in [0.1, 0.15) is 17.3 Å². The number of nitrogens with zero attached hydrogens (tertiary/aromatic N) is 3. The number of ether oxygens (including phenoxy) is 1. The number of nitrogens with one attached hydrogen (secondary N) is 1. The number of non-ortho nitro benzene ring substituents is 2. The third kappa shape index (κ3) is 5.22. The van der Waals surface area contributed by atoms with E-state index in [-0.39, 0.29) is 27.1 Å². The molecule has 13 heteroatoms. The number of carbonyl (C=O) groups is 2. The van der Waals surface area contributed by atoms with E-state index in [1.165, 1.54) is 31.2 Å². The molecule has 1 atom stereocenters. The quantitative estimate of drug-likeness (QED) is 0.297. The summed E-state index contributed by atoms with van der Waals surface area (Å²) in [6.07, 6.45) is -1.26. The summed E-state index contributed by atoms with van der Waals surface area (Å²) in [7, 11) is 0. The molecular weight excluding hydrogens is 464 g/mol. The van der Waals surface area contributed by atoms with Crippen molar-refractivity contribution in [1.29, 1.82) is 0 Å². The van der Waals surface area contributed by atoms with Crippen molar-refractivity contribution in [1.82, 2.24) is 4.98 Å². The second-order valence-electron chi connectivity index (χ2n) is 6.30. The molecule has 1 N–H and O–H groups in total. The number of nitro groups is 2. The van der Waals surface area contributed by atoms with Gasteiger partial charge in [-0.1, -0.05) is 23.7 Å². The lowest BCUT2D eigenvalue weighted by Crippen LogP contribution is -2.30. The van der Waals surface area contributed by atoms with Crippen LogP contribution in [0.5, 0.6) is 0 Å². The molecule has 0 aliphatic rings. The topological polar surface area (TPSA) is 155 Å². The number of hydrogen-bond donors (Lipinski definition) is 1. The van der Waals surface area contributed by atoms with E-state index < -0.39 is 27.8 Å². The van der Waals surface area contributed by atoms with Crippen molar-refractivity contribution in [3.63, 3.8) is 0 Å². The molecule has 3 aromatic rings. The molecule has 164 valence electrons. The Morgan fingerprint density at radius 2 is 1.81 bits per heavy atom. The van der Waals surface area contributed by atoms with Gasteiger partial charge in [-0.2, -0.15) is 0 Å². The minimum absolute atomic E-state index is 0.0604. The van der Waals surface area contributed by atoms with Crippen LogP contribution in [0.15, 0.2) is 47.8 Å². The van der Waals surface area contributed by atoms with Crippen molar-refractivity contribution in [3.05, 3.63) is 78.7 Å². The van der Waals surface area contributed by atoms with E-state index in [0.717, 1.165) is 23.5 Å². The zero-order valence-corrected chi connectivity index (χ0v) is 17.8. The number of rotatable bonds is 7. The van der Waals surface area contributed by atoms with Crippen molar-refractivity contribution >= 4 is 51.3 Å². The molecule has 0 fully saturated rings. The largest absolute Gasteiger partial charge is 0.449 e. The maximum Gasteiger partial charge on any atom is 0.340 e. The highest BCUT2D eigenvalue weighted by Crippen LogP contribution is 2.28. The fourth-order valence-electron chi connectivity index (χ4n) is 2.51. The Morgan fingerprint density at radius 1 is 1.12 bits per heavy atom. The van der Waals surface area contributed by atoms with Gasteiger partial charge in [-0.15, -0.1) is 11.3 Å². The molecule has 2 aromatic carbocycles. The Kier molecular flexibility index (Phi) is 6.76. The van der Waals surface area contributed by atoms with E-state index in [0.29, 0.717) is 11.3 Å². The molecular formula is C19H13ClN4O7S. The number of halogens is 1. The van der Waals surface area contributed by atoms with Gasteiger partial charge in [-0.25, -0.2) is 9.78 Å². The molecule has 1 heterocycles. The smallest absolute Gasteiger partial charge is 0.340 e. The van der Waals surface area contributed by atoms with Gasteiger partial charge in [0.2, 0.25) is 0 Å². The second kappa shape index (κ2) is 9.49. The number of thiazole rings is 1. The van der Waals surface area contributed by atoms with Gasteiger partial charge in [-0.3, -0.25) is 30.3 Å². The molecule has 0 aliphatic carbocycles. The van der Waals surface area contributed by atoms with Crippen LogP contribution >= 0.6 is 22.9 Å². The normalized spacial score (nSPS) is 11.4. The van der Waals surface area contributed by atoms with Gasteiger partial charge < -0.3 is 4.74 Å². The Hall–Kier alpha value is -3.90. The third-order valence-corrected chi connectivity index (χ3v) is 5.21. The molecule has 1 aromatic heterocycles. The zero-order chi connectivity index (χ0) is 23.4. The highest BCUT2D eigenvalue weighted by molar-refractivity contribution is 7.14. The molecule has 0 bridgehead atoms. The summed E-state index contributed by atoms with van der Waals surface area (Å²) >= 11 is 6.98. The van der Waals surface area contributed by atoms with Gasteiger partial charge in [0.05, 0.1) is 26.1 Å². The average Bonchev–Trinajstić information content (AvgIpc) is 3.22. The SMILES string of the molecule is CC(OC(=O)c1cc([N+](=O)[O-])ccc1Cl)C(=O)Nc1nc(-c2cccc([N+](=O)[O-])c2)cs1. The summed E-state index contributed by atoms with van der Waals surface area (Å²) in [6.45, 7) is 1.31. The molecule has 0 saturated carbocycles. The fourth-order valence-corrected chi connectivity index (χ4v) is 3.43.